The minimum absolute atomic E-state index is 0.0934. The van der Waals surface area contributed by atoms with Crippen molar-refractivity contribution in [2.45, 2.75) is 13.0 Å². The SMILES string of the molecule is Cc1cc(C(O)c2cccc(I)c2)c(F)cc1F. The summed E-state index contributed by atoms with van der Waals surface area (Å²) in [6, 6.07) is 9.29. The standard InChI is InChI=1S/C14H11F2IO/c1-8-5-11(13(16)7-12(8)15)14(18)9-3-2-4-10(17)6-9/h2-7,14,18H,1H3. The Labute approximate surface area is 118 Å². The third-order valence-electron chi connectivity index (χ3n) is 2.74. The lowest BCUT2D eigenvalue weighted by Crippen LogP contribution is -2.04. The van der Waals surface area contributed by atoms with E-state index in [2.05, 4.69) is 22.6 Å². The molecule has 1 nitrogen and oxygen atoms in total. The fourth-order valence-corrected chi connectivity index (χ4v) is 2.31. The number of aryl methyl sites for hydroxylation is 1. The highest BCUT2D eigenvalue weighted by atomic mass is 127. The van der Waals surface area contributed by atoms with Crippen molar-refractivity contribution in [1.29, 1.82) is 0 Å². The fraction of sp³-hybridized carbons (Fsp3) is 0.143. The Kier molecular flexibility index (Phi) is 3.97. The first kappa shape index (κ1) is 13.4. The van der Waals surface area contributed by atoms with Gasteiger partial charge in [-0.15, -0.1) is 0 Å². The number of rotatable bonds is 2. The van der Waals surface area contributed by atoms with Crippen LogP contribution in [0.3, 0.4) is 0 Å². The summed E-state index contributed by atoms with van der Waals surface area (Å²) in [4.78, 5) is 0. The zero-order valence-corrected chi connectivity index (χ0v) is 11.8. The van der Waals surface area contributed by atoms with E-state index in [-0.39, 0.29) is 5.56 Å². The quantitative estimate of drug-likeness (QED) is 0.804. The van der Waals surface area contributed by atoms with Gasteiger partial charge in [0.15, 0.2) is 0 Å². The average molecular weight is 360 g/mol. The van der Waals surface area contributed by atoms with Gasteiger partial charge >= 0.3 is 0 Å². The van der Waals surface area contributed by atoms with Crippen molar-refractivity contribution in [3.63, 3.8) is 0 Å². The highest BCUT2D eigenvalue weighted by Crippen LogP contribution is 2.27. The van der Waals surface area contributed by atoms with Crippen LogP contribution in [-0.4, -0.2) is 5.11 Å². The van der Waals surface area contributed by atoms with Crippen LogP contribution in [0.1, 0.15) is 22.8 Å². The molecule has 1 unspecified atom stereocenters. The van der Waals surface area contributed by atoms with Crippen LogP contribution in [0.5, 0.6) is 0 Å². The molecule has 0 aliphatic rings. The van der Waals surface area contributed by atoms with E-state index in [1.54, 1.807) is 25.1 Å². The summed E-state index contributed by atoms with van der Waals surface area (Å²) < 4.78 is 27.8. The van der Waals surface area contributed by atoms with E-state index in [9.17, 15) is 13.9 Å². The van der Waals surface area contributed by atoms with Gasteiger partial charge in [0.2, 0.25) is 0 Å². The first-order valence-electron chi connectivity index (χ1n) is 5.38. The van der Waals surface area contributed by atoms with Gasteiger partial charge in [0.05, 0.1) is 0 Å². The molecule has 0 saturated carbocycles. The molecule has 4 heteroatoms. The number of benzene rings is 2. The Morgan fingerprint density at radius 2 is 1.83 bits per heavy atom. The lowest BCUT2D eigenvalue weighted by molar-refractivity contribution is 0.214. The summed E-state index contributed by atoms with van der Waals surface area (Å²) in [6.07, 6.45) is -1.08. The molecule has 1 atom stereocenters. The lowest BCUT2D eigenvalue weighted by Gasteiger charge is -2.14. The van der Waals surface area contributed by atoms with Crippen molar-refractivity contribution in [2.24, 2.45) is 0 Å². The van der Waals surface area contributed by atoms with Crippen LogP contribution in [0.4, 0.5) is 8.78 Å². The van der Waals surface area contributed by atoms with Gasteiger partial charge in [0.25, 0.3) is 0 Å². The normalized spacial score (nSPS) is 12.5. The Balaban J connectivity index is 2.46. The average Bonchev–Trinajstić information content (AvgIpc) is 2.33. The maximum absolute atomic E-state index is 13.7. The molecule has 0 heterocycles. The molecule has 1 N–H and O–H groups in total. The van der Waals surface area contributed by atoms with Crippen molar-refractivity contribution < 1.29 is 13.9 Å². The summed E-state index contributed by atoms with van der Waals surface area (Å²) in [7, 11) is 0. The molecular weight excluding hydrogens is 349 g/mol. The molecule has 0 radical (unpaired) electrons. The molecule has 18 heavy (non-hydrogen) atoms. The van der Waals surface area contributed by atoms with Crippen molar-refractivity contribution in [3.05, 3.63) is 68.3 Å². The van der Waals surface area contributed by atoms with Crippen LogP contribution in [0, 0.1) is 22.1 Å². The van der Waals surface area contributed by atoms with E-state index in [0.29, 0.717) is 11.1 Å². The number of hydrogen-bond acceptors (Lipinski definition) is 1. The number of hydrogen-bond donors (Lipinski definition) is 1. The molecule has 0 aliphatic heterocycles. The summed E-state index contributed by atoms with van der Waals surface area (Å²) in [6.45, 7) is 1.54. The molecule has 94 valence electrons. The van der Waals surface area contributed by atoms with E-state index in [1.165, 1.54) is 6.07 Å². The largest absolute Gasteiger partial charge is 0.384 e. The molecule has 0 amide bonds. The topological polar surface area (TPSA) is 20.2 Å². The van der Waals surface area contributed by atoms with Crippen LogP contribution >= 0.6 is 22.6 Å². The maximum Gasteiger partial charge on any atom is 0.132 e. The zero-order valence-electron chi connectivity index (χ0n) is 9.62. The van der Waals surface area contributed by atoms with Gasteiger partial charge in [-0.25, -0.2) is 8.78 Å². The van der Waals surface area contributed by atoms with Crippen molar-refractivity contribution in [2.75, 3.05) is 0 Å². The zero-order chi connectivity index (χ0) is 13.3. The van der Waals surface area contributed by atoms with E-state index in [1.807, 2.05) is 6.07 Å². The van der Waals surface area contributed by atoms with E-state index < -0.39 is 17.7 Å². The summed E-state index contributed by atoms with van der Waals surface area (Å²) in [5, 5.41) is 10.1. The van der Waals surface area contributed by atoms with Gasteiger partial charge in [0, 0.05) is 15.2 Å². The Morgan fingerprint density at radius 1 is 1.11 bits per heavy atom. The molecule has 0 aliphatic carbocycles. The molecule has 0 aromatic heterocycles. The molecule has 2 aromatic rings. The molecule has 2 rings (SSSR count). The van der Waals surface area contributed by atoms with Crippen LogP contribution in [0.15, 0.2) is 36.4 Å². The number of aliphatic hydroxyl groups is 1. The number of halogens is 3. The highest BCUT2D eigenvalue weighted by Gasteiger charge is 2.17. The number of aliphatic hydroxyl groups excluding tert-OH is 1. The monoisotopic (exact) mass is 360 g/mol. The third kappa shape index (κ3) is 2.70. The molecule has 0 fully saturated rings. The predicted octanol–water partition coefficient (Wildman–Crippen LogP) is 3.96. The van der Waals surface area contributed by atoms with Gasteiger partial charge in [-0.1, -0.05) is 12.1 Å². The van der Waals surface area contributed by atoms with E-state index in [4.69, 9.17) is 0 Å². The second-order valence-corrected chi connectivity index (χ2v) is 5.33. The first-order valence-corrected chi connectivity index (χ1v) is 6.46. The molecular formula is C14H11F2IO. The van der Waals surface area contributed by atoms with Gasteiger partial charge in [-0.2, -0.15) is 0 Å². The van der Waals surface area contributed by atoms with E-state index in [0.717, 1.165) is 9.64 Å². The maximum atomic E-state index is 13.7. The predicted molar refractivity (Wildman–Crippen MR) is 74.3 cm³/mol. The minimum Gasteiger partial charge on any atom is -0.384 e. The molecule has 0 saturated heterocycles. The lowest BCUT2D eigenvalue weighted by atomic mass is 9.99. The van der Waals surface area contributed by atoms with Crippen molar-refractivity contribution >= 4 is 22.6 Å². The van der Waals surface area contributed by atoms with Gasteiger partial charge in [0.1, 0.15) is 17.7 Å². The summed E-state index contributed by atoms with van der Waals surface area (Å²) in [5.41, 5.74) is 0.999. The third-order valence-corrected chi connectivity index (χ3v) is 3.41. The Hall–Kier alpha value is -1.01. The Morgan fingerprint density at radius 3 is 2.50 bits per heavy atom. The van der Waals surface area contributed by atoms with Crippen molar-refractivity contribution in [1.82, 2.24) is 0 Å². The smallest absolute Gasteiger partial charge is 0.132 e. The van der Waals surface area contributed by atoms with Gasteiger partial charge in [-0.05, 0) is 58.8 Å². The minimum atomic E-state index is -1.08. The fourth-order valence-electron chi connectivity index (χ4n) is 1.75. The Bertz CT molecular complexity index is 584. The molecule has 2 aromatic carbocycles. The first-order chi connectivity index (χ1) is 8.49. The highest BCUT2D eigenvalue weighted by molar-refractivity contribution is 14.1. The van der Waals surface area contributed by atoms with Crippen LogP contribution < -0.4 is 0 Å². The summed E-state index contributed by atoms with van der Waals surface area (Å²) >= 11 is 2.11. The van der Waals surface area contributed by atoms with Crippen LogP contribution in [0.25, 0.3) is 0 Å². The van der Waals surface area contributed by atoms with Crippen LogP contribution in [-0.2, 0) is 0 Å². The van der Waals surface area contributed by atoms with E-state index >= 15 is 0 Å². The molecule has 0 spiro atoms. The van der Waals surface area contributed by atoms with Crippen LogP contribution in [0.2, 0.25) is 0 Å². The van der Waals surface area contributed by atoms with Crippen molar-refractivity contribution in [3.8, 4) is 0 Å². The molecule has 0 bridgehead atoms. The van der Waals surface area contributed by atoms with Gasteiger partial charge < -0.3 is 5.11 Å². The second-order valence-electron chi connectivity index (χ2n) is 4.08. The van der Waals surface area contributed by atoms with Gasteiger partial charge in [-0.3, -0.25) is 0 Å². The summed E-state index contributed by atoms with van der Waals surface area (Å²) in [5.74, 6) is -1.34. The second kappa shape index (κ2) is 5.32.